The molecule has 0 saturated heterocycles. The third kappa shape index (κ3) is 5.17. The second-order valence-corrected chi connectivity index (χ2v) is 4.67. The van der Waals surface area contributed by atoms with Crippen LogP contribution >= 0.6 is 0 Å². The number of nitrogens with one attached hydrogen (secondary N) is 2. The van der Waals surface area contributed by atoms with Gasteiger partial charge < -0.3 is 15.7 Å². The van der Waals surface area contributed by atoms with E-state index in [-0.39, 0.29) is 43.3 Å². The van der Waals surface area contributed by atoms with Crippen molar-refractivity contribution in [1.29, 1.82) is 0 Å². The fourth-order valence-electron chi connectivity index (χ4n) is 2.15. The van der Waals surface area contributed by atoms with Gasteiger partial charge in [0.15, 0.2) is 0 Å². The van der Waals surface area contributed by atoms with Gasteiger partial charge in [-0.3, -0.25) is 9.59 Å². The molecule has 1 fully saturated rings. The molecular formula is C12H22N2O3. The van der Waals surface area contributed by atoms with Crippen molar-refractivity contribution < 1.29 is 14.7 Å². The minimum absolute atomic E-state index is 0.0610. The first-order chi connectivity index (χ1) is 8.13. The molecule has 98 valence electrons. The summed E-state index contributed by atoms with van der Waals surface area (Å²) in [7, 11) is 0. The Morgan fingerprint density at radius 1 is 1.35 bits per heavy atom. The number of amides is 2. The number of hydrogen-bond acceptors (Lipinski definition) is 3. The molecule has 0 aliphatic heterocycles. The Morgan fingerprint density at radius 3 is 2.59 bits per heavy atom. The van der Waals surface area contributed by atoms with Crippen LogP contribution in [0.2, 0.25) is 0 Å². The van der Waals surface area contributed by atoms with Gasteiger partial charge in [0.1, 0.15) is 0 Å². The van der Waals surface area contributed by atoms with E-state index >= 15 is 0 Å². The highest BCUT2D eigenvalue weighted by Crippen LogP contribution is 2.24. The molecule has 0 aromatic rings. The van der Waals surface area contributed by atoms with Crippen LogP contribution in [0.1, 0.15) is 39.0 Å². The lowest BCUT2D eigenvalue weighted by Gasteiger charge is -2.16. The summed E-state index contributed by atoms with van der Waals surface area (Å²) in [6.45, 7) is 2.03. The van der Waals surface area contributed by atoms with Crippen molar-refractivity contribution in [2.75, 3.05) is 13.2 Å². The largest absolute Gasteiger partial charge is 0.395 e. The molecule has 1 saturated carbocycles. The van der Waals surface area contributed by atoms with Gasteiger partial charge in [-0.1, -0.05) is 12.8 Å². The second-order valence-electron chi connectivity index (χ2n) is 4.67. The normalized spacial score (nSPS) is 17.8. The topological polar surface area (TPSA) is 78.4 Å². The zero-order chi connectivity index (χ0) is 12.7. The molecule has 5 heteroatoms. The Morgan fingerprint density at radius 2 is 2.00 bits per heavy atom. The van der Waals surface area contributed by atoms with E-state index in [2.05, 4.69) is 10.6 Å². The van der Waals surface area contributed by atoms with Crippen LogP contribution in [0.25, 0.3) is 0 Å². The number of aliphatic hydroxyl groups is 1. The van der Waals surface area contributed by atoms with Crippen LogP contribution in [-0.2, 0) is 9.59 Å². The summed E-state index contributed by atoms with van der Waals surface area (Å²) in [5.74, 6) is 0.0705. The van der Waals surface area contributed by atoms with Crippen molar-refractivity contribution >= 4 is 11.8 Å². The molecule has 1 atom stereocenters. The Bertz CT molecular complexity index is 262. The van der Waals surface area contributed by atoms with Crippen LogP contribution < -0.4 is 10.6 Å². The molecule has 0 aromatic carbocycles. The first kappa shape index (κ1) is 14.0. The number of hydrogen-bond donors (Lipinski definition) is 3. The minimum Gasteiger partial charge on any atom is -0.395 e. The van der Waals surface area contributed by atoms with E-state index < -0.39 is 0 Å². The number of carbonyl (C=O) groups is 2. The van der Waals surface area contributed by atoms with E-state index in [9.17, 15) is 9.59 Å². The third-order valence-corrected chi connectivity index (χ3v) is 3.04. The van der Waals surface area contributed by atoms with E-state index in [1.54, 1.807) is 0 Å². The molecule has 17 heavy (non-hydrogen) atoms. The zero-order valence-corrected chi connectivity index (χ0v) is 10.4. The molecule has 5 nitrogen and oxygen atoms in total. The lowest BCUT2D eigenvalue weighted by atomic mass is 10.1. The van der Waals surface area contributed by atoms with Gasteiger partial charge in [0.25, 0.3) is 0 Å². The maximum atomic E-state index is 11.8. The van der Waals surface area contributed by atoms with Gasteiger partial charge in [0.05, 0.1) is 6.61 Å². The smallest absolute Gasteiger partial charge is 0.223 e. The summed E-state index contributed by atoms with van der Waals surface area (Å²) in [4.78, 5) is 23.1. The summed E-state index contributed by atoms with van der Waals surface area (Å²) in [6.07, 6.45) is 4.45. The minimum atomic E-state index is -0.151. The fourth-order valence-corrected chi connectivity index (χ4v) is 2.15. The van der Waals surface area contributed by atoms with E-state index in [1.807, 2.05) is 6.92 Å². The molecule has 1 aliphatic rings. The summed E-state index contributed by atoms with van der Waals surface area (Å²) in [6, 6.07) is -0.151. The van der Waals surface area contributed by atoms with Crippen molar-refractivity contribution in [3.63, 3.8) is 0 Å². The third-order valence-electron chi connectivity index (χ3n) is 3.04. The highest BCUT2D eigenvalue weighted by atomic mass is 16.3. The van der Waals surface area contributed by atoms with Crippen LogP contribution in [0.15, 0.2) is 0 Å². The van der Waals surface area contributed by atoms with E-state index in [0.717, 1.165) is 25.7 Å². The molecule has 0 aromatic heterocycles. The summed E-state index contributed by atoms with van der Waals surface area (Å²) in [5.41, 5.74) is 0. The van der Waals surface area contributed by atoms with Gasteiger partial charge in [-0.2, -0.15) is 0 Å². The predicted molar refractivity (Wildman–Crippen MR) is 64.3 cm³/mol. The van der Waals surface area contributed by atoms with Crippen LogP contribution in [0.4, 0.5) is 0 Å². The summed E-state index contributed by atoms with van der Waals surface area (Å²) in [5, 5.41) is 14.0. The molecule has 1 unspecified atom stereocenters. The van der Waals surface area contributed by atoms with Crippen molar-refractivity contribution in [3.05, 3.63) is 0 Å². The quantitative estimate of drug-likeness (QED) is 0.621. The lowest BCUT2D eigenvalue weighted by Crippen LogP contribution is -2.40. The van der Waals surface area contributed by atoms with Crippen molar-refractivity contribution in [2.45, 2.75) is 45.1 Å². The molecule has 0 spiro atoms. The van der Waals surface area contributed by atoms with Crippen LogP contribution in [0.5, 0.6) is 0 Å². The summed E-state index contributed by atoms with van der Waals surface area (Å²) < 4.78 is 0. The van der Waals surface area contributed by atoms with Crippen LogP contribution in [-0.4, -0.2) is 36.1 Å². The van der Waals surface area contributed by atoms with Crippen molar-refractivity contribution in [1.82, 2.24) is 10.6 Å². The molecule has 0 radical (unpaired) electrons. The van der Waals surface area contributed by atoms with Gasteiger partial charge in [0, 0.05) is 24.9 Å². The van der Waals surface area contributed by atoms with Gasteiger partial charge in [-0.15, -0.1) is 0 Å². The lowest BCUT2D eigenvalue weighted by molar-refractivity contribution is -0.126. The SMILES string of the molecule is CC(CC(=O)NCCO)NC(=O)C1CCCC1. The van der Waals surface area contributed by atoms with Gasteiger partial charge in [-0.25, -0.2) is 0 Å². The number of rotatable bonds is 6. The van der Waals surface area contributed by atoms with E-state index in [0.29, 0.717) is 0 Å². The van der Waals surface area contributed by atoms with Gasteiger partial charge in [0.2, 0.25) is 11.8 Å². The number of aliphatic hydroxyl groups excluding tert-OH is 1. The summed E-state index contributed by atoms with van der Waals surface area (Å²) >= 11 is 0. The Balaban J connectivity index is 2.21. The molecule has 0 heterocycles. The van der Waals surface area contributed by atoms with Crippen LogP contribution in [0, 0.1) is 5.92 Å². The zero-order valence-electron chi connectivity index (χ0n) is 10.4. The molecular weight excluding hydrogens is 220 g/mol. The Hall–Kier alpha value is -1.10. The average Bonchev–Trinajstić information content (AvgIpc) is 2.79. The second kappa shape index (κ2) is 7.27. The number of carbonyl (C=O) groups excluding carboxylic acids is 2. The van der Waals surface area contributed by atoms with Gasteiger partial charge >= 0.3 is 0 Å². The fraction of sp³-hybridized carbons (Fsp3) is 0.833. The maximum absolute atomic E-state index is 11.8. The highest BCUT2D eigenvalue weighted by Gasteiger charge is 2.23. The van der Waals surface area contributed by atoms with E-state index in [4.69, 9.17) is 5.11 Å². The molecule has 3 N–H and O–H groups in total. The Labute approximate surface area is 102 Å². The molecule has 0 bridgehead atoms. The molecule has 2 amide bonds. The van der Waals surface area contributed by atoms with Crippen LogP contribution in [0.3, 0.4) is 0 Å². The van der Waals surface area contributed by atoms with Crippen molar-refractivity contribution in [3.8, 4) is 0 Å². The average molecular weight is 242 g/mol. The first-order valence-electron chi connectivity index (χ1n) is 6.31. The monoisotopic (exact) mass is 242 g/mol. The van der Waals surface area contributed by atoms with Crippen molar-refractivity contribution in [2.24, 2.45) is 5.92 Å². The maximum Gasteiger partial charge on any atom is 0.223 e. The first-order valence-corrected chi connectivity index (χ1v) is 6.31. The highest BCUT2D eigenvalue weighted by molar-refractivity contribution is 5.81. The predicted octanol–water partition coefficient (Wildman–Crippen LogP) is 0.180. The van der Waals surface area contributed by atoms with E-state index in [1.165, 1.54) is 0 Å². The molecule has 1 rings (SSSR count). The standard InChI is InChI=1S/C12H22N2O3/c1-9(8-11(16)13-6-7-15)14-12(17)10-4-2-3-5-10/h9-10,15H,2-8H2,1H3,(H,13,16)(H,14,17). The molecule has 1 aliphatic carbocycles. The van der Waals surface area contributed by atoms with Gasteiger partial charge in [-0.05, 0) is 19.8 Å². The Kier molecular flexibility index (Phi) is 5.97.